The molecule has 0 spiro atoms. The predicted molar refractivity (Wildman–Crippen MR) is 116 cm³/mol. The summed E-state index contributed by atoms with van der Waals surface area (Å²) in [6, 6.07) is 12.2. The first-order valence-electron chi connectivity index (χ1n) is 10.5. The Kier molecular flexibility index (Phi) is 7.35. The Morgan fingerprint density at radius 1 is 0.893 bits per heavy atom. The summed E-state index contributed by atoms with van der Waals surface area (Å²) in [4.78, 5) is 8.09. The topological polar surface area (TPSA) is 47.1 Å². The number of aromatic nitrogens is 2. The van der Waals surface area contributed by atoms with Crippen LogP contribution in [0.4, 0.5) is 0 Å². The first-order chi connectivity index (χ1) is 13.7. The molecule has 3 aromatic rings. The molecule has 0 bridgehead atoms. The maximum absolute atomic E-state index is 5.97. The fourth-order valence-electron chi connectivity index (χ4n) is 3.44. The molecule has 0 unspecified atom stereocenters. The lowest BCUT2D eigenvalue weighted by molar-refractivity contribution is 0.284. The SMILES string of the molecule is CCCCCCCCCOc1ccc(-c2nc3ccc(C)cc3[nH]2)cc1OC. The summed E-state index contributed by atoms with van der Waals surface area (Å²) in [6.07, 6.45) is 8.95. The van der Waals surface area contributed by atoms with E-state index in [9.17, 15) is 0 Å². The number of unbranched alkanes of at least 4 members (excludes halogenated alkanes) is 6. The van der Waals surface area contributed by atoms with Gasteiger partial charge in [0.1, 0.15) is 5.82 Å². The third kappa shape index (κ3) is 5.28. The number of nitrogens with one attached hydrogen (secondary N) is 1. The molecule has 0 saturated heterocycles. The molecule has 3 rings (SSSR count). The van der Waals surface area contributed by atoms with Crippen molar-refractivity contribution in [1.29, 1.82) is 0 Å². The molecule has 0 aliphatic heterocycles. The van der Waals surface area contributed by atoms with Gasteiger partial charge < -0.3 is 14.5 Å². The average Bonchev–Trinajstić information content (AvgIpc) is 3.13. The van der Waals surface area contributed by atoms with Crippen LogP contribution in [0.5, 0.6) is 11.5 Å². The molecule has 1 N–H and O–H groups in total. The van der Waals surface area contributed by atoms with Gasteiger partial charge in [0.05, 0.1) is 24.8 Å². The molecule has 28 heavy (non-hydrogen) atoms. The van der Waals surface area contributed by atoms with Gasteiger partial charge in [0.15, 0.2) is 11.5 Å². The molecule has 0 atom stereocenters. The van der Waals surface area contributed by atoms with Crippen molar-refractivity contribution < 1.29 is 9.47 Å². The zero-order valence-electron chi connectivity index (χ0n) is 17.4. The van der Waals surface area contributed by atoms with E-state index in [1.807, 2.05) is 24.3 Å². The molecule has 4 nitrogen and oxygen atoms in total. The number of benzene rings is 2. The molecule has 1 aromatic heterocycles. The van der Waals surface area contributed by atoms with Crippen molar-refractivity contribution >= 4 is 11.0 Å². The minimum Gasteiger partial charge on any atom is -0.493 e. The van der Waals surface area contributed by atoms with E-state index in [2.05, 4.69) is 31.0 Å². The number of H-pyrrole nitrogens is 1. The Hall–Kier alpha value is -2.49. The average molecular weight is 381 g/mol. The monoisotopic (exact) mass is 380 g/mol. The van der Waals surface area contributed by atoms with Gasteiger partial charge in [-0.3, -0.25) is 0 Å². The van der Waals surface area contributed by atoms with Crippen LogP contribution >= 0.6 is 0 Å². The Bertz CT molecular complexity index is 885. The highest BCUT2D eigenvalue weighted by atomic mass is 16.5. The molecule has 1 heterocycles. The third-order valence-corrected chi connectivity index (χ3v) is 5.08. The number of nitrogens with zero attached hydrogens (tertiary/aromatic N) is 1. The van der Waals surface area contributed by atoms with E-state index in [0.29, 0.717) is 0 Å². The largest absolute Gasteiger partial charge is 0.493 e. The fraction of sp³-hybridized carbons (Fsp3) is 0.458. The van der Waals surface area contributed by atoms with E-state index in [1.54, 1.807) is 7.11 Å². The quantitative estimate of drug-likeness (QED) is 0.378. The van der Waals surface area contributed by atoms with Crippen LogP contribution in [0, 0.1) is 6.92 Å². The Morgan fingerprint density at radius 2 is 1.68 bits per heavy atom. The van der Waals surface area contributed by atoms with E-state index in [-0.39, 0.29) is 0 Å². The van der Waals surface area contributed by atoms with Gasteiger partial charge in [0.25, 0.3) is 0 Å². The molecule has 0 saturated carbocycles. The summed E-state index contributed by atoms with van der Waals surface area (Å²) in [5.74, 6) is 2.39. The van der Waals surface area contributed by atoms with Crippen molar-refractivity contribution in [2.24, 2.45) is 0 Å². The maximum atomic E-state index is 5.97. The van der Waals surface area contributed by atoms with Crippen molar-refractivity contribution in [3.63, 3.8) is 0 Å². The Morgan fingerprint density at radius 3 is 2.46 bits per heavy atom. The van der Waals surface area contributed by atoms with Crippen LogP contribution in [-0.2, 0) is 0 Å². The van der Waals surface area contributed by atoms with Crippen LogP contribution in [0.25, 0.3) is 22.4 Å². The third-order valence-electron chi connectivity index (χ3n) is 5.08. The highest BCUT2D eigenvalue weighted by Gasteiger charge is 2.10. The number of ether oxygens (including phenoxy) is 2. The maximum Gasteiger partial charge on any atom is 0.161 e. The lowest BCUT2D eigenvalue weighted by Crippen LogP contribution is -1.99. The highest BCUT2D eigenvalue weighted by molar-refractivity contribution is 5.80. The van der Waals surface area contributed by atoms with E-state index < -0.39 is 0 Å². The number of aromatic amines is 1. The summed E-state index contributed by atoms with van der Waals surface area (Å²) in [6.45, 7) is 5.06. The summed E-state index contributed by atoms with van der Waals surface area (Å²) in [5, 5.41) is 0. The van der Waals surface area contributed by atoms with E-state index in [4.69, 9.17) is 14.5 Å². The standard InChI is InChI=1S/C24H32N2O2/c1-4-5-6-7-8-9-10-15-28-22-14-12-19(17-23(22)27-3)24-25-20-13-11-18(2)16-21(20)26-24/h11-14,16-17H,4-10,15H2,1-3H3,(H,25,26). The van der Waals surface area contributed by atoms with E-state index in [1.165, 1.54) is 44.1 Å². The van der Waals surface area contributed by atoms with Gasteiger partial charge in [0, 0.05) is 5.56 Å². The molecule has 0 fully saturated rings. The molecule has 0 aliphatic rings. The first-order valence-corrected chi connectivity index (χ1v) is 10.5. The molecule has 150 valence electrons. The molecule has 0 amide bonds. The lowest BCUT2D eigenvalue weighted by atomic mass is 10.1. The number of fused-ring (bicyclic) bond motifs is 1. The summed E-state index contributed by atoms with van der Waals surface area (Å²) < 4.78 is 11.5. The minimum absolute atomic E-state index is 0.730. The second kappa shape index (κ2) is 10.2. The van der Waals surface area contributed by atoms with Crippen molar-refractivity contribution in [2.45, 2.75) is 58.8 Å². The van der Waals surface area contributed by atoms with E-state index in [0.717, 1.165) is 46.9 Å². The van der Waals surface area contributed by atoms with Gasteiger partial charge in [-0.05, 0) is 49.2 Å². The van der Waals surface area contributed by atoms with Crippen LogP contribution in [0.15, 0.2) is 36.4 Å². The number of methoxy groups -OCH3 is 1. The number of rotatable bonds is 11. The fourth-order valence-corrected chi connectivity index (χ4v) is 3.44. The molecular formula is C24H32N2O2. The molecular weight excluding hydrogens is 348 g/mol. The van der Waals surface area contributed by atoms with Crippen LogP contribution in [0.2, 0.25) is 0 Å². The van der Waals surface area contributed by atoms with Crippen molar-refractivity contribution in [3.05, 3.63) is 42.0 Å². The van der Waals surface area contributed by atoms with Gasteiger partial charge in [0.2, 0.25) is 0 Å². The van der Waals surface area contributed by atoms with Crippen molar-refractivity contribution in [1.82, 2.24) is 9.97 Å². The Labute approximate surface area is 168 Å². The van der Waals surface area contributed by atoms with E-state index >= 15 is 0 Å². The predicted octanol–water partition coefficient (Wildman–Crippen LogP) is 6.68. The van der Waals surface area contributed by atoms with Gasteiger partial charge in [-0.25, -0.2) is 4.98 Å². The van der Waals surface area contributed by atoms with Gasteiger partial charge in [-0.15, -0.1) is 0 Å². The summed E-state index contributed by atoms with van der Waals surface area (Å²) >= 11 is 0. The number of imidazole rings is 1. The second-order valence-corrected chi connectivity index (χ2v) is 7.44. The van der Waals surface area contributed by atoms with Crippen molar-refractivity contribution in [2.75, 3.05) is 13.7 Å². The van der Waals surface area contributed by atoms with Gasteiger partial charge in [-0.1, -0.05) is 51.5 Å². The van der Waals surface area contributed by atoms with Crippen molar-refractivity contribution in [3.8, 4) is 22.9 Å². The molecule has 4 heteroatoms. The first kappa shape index (κ1) is 20.2. The second-order valence-electron chi connectivity index (χ2n) is 7.44. The van der Waals surface area contributed by atoms with Gasteiger partial charge in [-0.2, -0.15) is 0 Å². The molecule has 0 aliphatic carbocycles. The van der Waals surface area contributed by atoms with Crippen LogP contribution in [-0.4, -0.2) is 23.7 Å². The van der Waals surface area contributed by atoms with Crippen LogP contribution in [0.3, 0.4) is 0 Å². The normalized spacial score (nSPS) is 11.1. The van der Waals surface area contributed by atoms with Crippen LogP contribution < -0.4 is 9.47 Å². The highest BCUT2D eigenvalue weighted by Crippen LogP contribution is 2.32. The number of hydrogen-bond acceptors (Lipinski definition) is 3. The zero-order valence-corrected chi connectivity index (χ0v) is 17.4. The van der Waals surface area contributed by atoms with Crippen LogP contribution in [0.1, 0.15) is 57.4 Å². The smallest absolute Gasteiger partial charge is 0.161 e. The lowest BCUT2D eigenvalue weighted by Gasteiger charge is -2.11. The van der Waals surface area contributed by atoms with Gasteiger partial charge >= 0.3 is 0 Å². The zero-order chi connectivity index (χ0) is 19.8. The molecule has 0 radical (unpaired) electrons. The summed E-state index contributed by atoms with van der Waals surface area (Å²) in [5.41, 5.74) is 4.23. The number of hydrogen-bond donors (Lipinski definition) is 1. The minimum atomic E-state index is 0.730. The Balaban J connectivity index is 1.58. The molecule has 2 aromatic carbocycles. The summed E-state index contributed by atoms with van der Waals surface area (Å²) in [7, 11) is 1.68. The number of aryl methyl sites for hydroxylation is 1.